The molecule has 5 heteroatoms. The topological polar surface area (TPSA) is 72.6 Å². The second-order valence-electron chi connectivity index (χ2n) is 5.77. The van der Waals surface area contributed by atoms with E-state index in [1.54, 1.807) is 0 Å². The molecule has 1 aromatic carbocycles. The molecule has 0 spiro atoms. The van der Waals surface area contributed by atoms with Crippen LogP contribution in [0.1, 0.15) is 37.7 Å². The number of amides is 2. The van der Waals surface area contributed by atoms with Crippen molar-refractivity contribution in [2.75, 3.05) is 19.7 Å². The van der Waals surface area contributed by atoms with Crippen LogP contribution in [-0.2, 0) is 9.53 Å². The van der Waals surface area contributed by atoms with Crippen molar-refractivity contribution in [3.05, 3.63) is 35.9 Å². The lowest BCUT2D eigenvalue weighted by atomic mass is 9.96. The van der Waals surface area contributed by atoms with Crippen LogP contribution in [0.4, 0.5) is 4.79 Å². The Kier molecular flexibility index (Phi) is 5.81. The first-order valence-electron chi connectivity index (χ1n) is 7.87. The third-order valence-electron chi connectivity index (χ3n) is 4.26. The van der Waals surface area contributed by atoms with E-state index in [9.17, 15) is 9.59 Å². The van der Waals surface area contributed by atoms with Gasteiger partial charge in [0, 0.05) is 19.0 Å². The normalized spacial score (nSPS) is 19.5. The van der Waals surface area contributed by atoms with Crippen LogP contribution >= 0.6 is 0 Å². The molecule has 1 saturated heterocycles. The van der Waals surface area contributed by atoms with Crippen LogP contribution in [0.2, 0.25) is 0 Å². The Hall–Kier alpha value is -2.04. The summed E-state index contributed by atoms with van der Waals surface area (Å²) in [6.45, 7) is 3.46. The molecule has 1 fully saturated rings. The fourth-order valence-corrected chi connectivity index (χ4v) is 2.85. The van der Waals surface area contributed by atoms with Gasteiger partial charge >= 0.3 is 12.0 Å². The Balaban J connectivity index is 1.87. The maximum atomic E-state index is 12.2. The SMILES string of the molecule is CC[C@H](COC(=O)[C@H]1CCCN(C(N)=O)C1)c1ccccc1. The van der Waals surface area contributed by atoms with E-state index in [0.29, 0.717) is 19.7 Å². The number of urea groups is 1. The fourth-order valence-electron chi connectivity index (χ4n) is 2.85. The average molecular weight is 304 g/mol. The summed E-state index contributed by atoms with van der Waals surface area (Å²) >= 11 is 0. The minimum Gasteiger partial charge on any atom is -0.465 e. The summed E-state index contributed by atoms with van der Waals surface area (Å²) in [5.74, 6) is -0.268. The van der Waals surface area contributed by atoms with Gasteiger partial charge in [-0.05, 0) is 24.8 Å². The molecule has 1 heterocycles. The number of hydrogen-bond acceptors (Lipinski definition) is 3. The van der Waals surface area contributed by atoms with Gasteiger partial charge in [-0.25, -0.2) is 4.79 Å². The second-order valence-corrected chi connectivity index (χ2v) is 5.77. The van der Waals surface area contributed by atoms with Gasteiger partial charge in [-0.3, -0.25) is 4.79 Å². The molecule has 2 N–H and O–H groups in total. The van der Waals surface area contributed by atoms with Crippen LogP contribution in [0.25, 0.3) is 0 Å². The Morgan fingerprint density at radius 1 is 1.36 bits per heavy atom. The van der Waals surface area contributed by atoms with E-state index in [2.05, 4.69) is 19.1 Å². The van der Waals surface area contributed by atoms with E-state index in [1.165, 1.54) is 10.5 Å². The maximum Gasteiger partial charge on any atom is 0.314 e. The van der Waals surface area contributed by atoms with Gasteiger partial charge < -0.3 is 15.4 Å². The number of primary amides is 1. The first-order valence-corrected chi connectivity index (χ1v) is 7.87. The van der Waals surface area contributed by atoms with Crippen molar-refractivity contribution in [2.45, 2.75) is 32.1 Å². The average Bonchev–Trinajstić information content (AvgIpc) is 2.56. The van der Waals surface area contributed by atoms with Crippen LogP contribution in [0, 0.1) is 5.92 Å². The van der Waals surface area contributed by atoms with Crippen molar-refractivity contribution < 1.29 is 14.3 Å². The van der Waals surface area contributed by atoms with E-state index < -0.39 is 6.03 Å². The molecule has 5 nitrogen and oxygen atoms in total. The molecular weight excluding hydrogens is 280 g/mol. The van der Waals surface area contributed by atoms with Crippen LogP contribution < -0.4 is 5.73 Å². The van der Waals surface area contributed by atoms with E-state index in [-0.39, 0.29) is 17.8 Å². The van der Waals surface area contributed by atoms with Gasteiger partial charge in [-0.2, -0.15) is 0 Å². The molecule has 22 heavy (non-hydrogen) atoms. The molecule has 0 unspecified atom stereocenters. The smallest absolute Gasteiger partial charge is 0.314 e. The number of rotatable bonds is 5. The number of esters is 1. The summed E-state index contributed by atoms with van der Waals surface area (Å²) < 4.78 is 5.50. The van der Waals surface area contributed by atoms with Gasteiger partial charge in [-0.1, -0.05) is 37.3 Å². The van der Waals surface area contributed by atoms with Gasteiger partial charge in [0.05, 0.1) is 12.5 Å². The number of nitrogens with zero attached hydrogens (tertiary/aromatic N) is 1. The molecule has 2 atom stereocenters. The van der Waals surface area contributed by atoms with Gasteiger partial charge in [0.1, 0.15) is 0 Å². The van der Waals surface area contributed by atoms with Crippen molar-refractivity contribution in [1.29, 1.82) is 0 Å². The third-order valence-corrected chi connectivity index (χ3v) is 4.26. The number of carbonyl (C=O) groups is 2. The first-order chi connectivity index (χ1) is 10.6. The zero-order valence-corrected chi connectivity index (χ0v) is 13.0. The highest BCUT2D eigenvalue weighted by molar-refractivity contribution is 5.76. The third kappa shape index (κ3) is 4.23. The lowest BCUT2D eigenvalue weighted by Gasteiger charge is -2.30. The molecule has 0 aromatic heterocycles. The Morgan fingerprint density at radius 3 is 2.73 bits per heavy atom. The summed E-state index contributed by atoms with van der Waals surface area (Å²) in [5.41, 5.74) is 6.46. The van der Waals surface area contributed by atoms with Crippen LogP contribution in [-0.4, -0.2) is 36.6 Å². The number of hydrogen-bond donors (Lipinski definition) is 1. The molecule has 1 aliphatic rings. The van der Waals surface area contributed by atoms with Crippen molar-refractivity contribution in [3.63, 3.8) is 0 Å². The van der Waals surface area contributed by atoms with Crippen molar-refractivity contribution in [2.24, 2.45) is 11.7 Å². The largest absolute Gasteiger partial charge is 0.465 e. The van der Waals surface area contributed by atoms with E-state index in [1.807, 2.05) is 18.2 Å². The molecule has 0 radical (unpaired) electrons. The van der Waals surface area contributed by atoms with Crippen molar-refractivity contribution in [1.82, 2.24) is 4.90 Å². The molecule has 0 bridgehead atoms. The number of carbonyl (C=O) groups excluding carboxylic acids is 2. The molecular formula is C17H24N2O3. The van der Waals surface area contributed by atoms with Gasteiger partial charge in [0.2, 0.25) is 0 Å². The minimum atomic E-state index is -0.465. The van der Waals surface area contributed by atoms with Crippen LogP contribution in [0.15, 0.2) is 30.3 Å². The fraction of sp³-hybridized carbons (Fsp3) is 0.529. The highest BCUT2D eigenvalue weighted by Crippen LogP contribution is 2.22. The quantitative estimate of drug-likeness (QED) is 0.850. The zero-order valence-electron chi connectivity index (χ0n) is 13.0. The summed E-state index contributed by atoms with van der Waals surface area (Å²) in [7, 11) is 0. The van der Waals surface area contributed by atoms with E-state index in [0.717, 1.165) is 19.3 Å². The minimum absolute atomic E-state index is 0.209. The molecule has 1 aromatic rings. The van der Waals surface area contributed by atoms with Crippen LogP contribution in [0.5, 0.6) is 0 Å². The number of benzene rings is 1. The highest BCUT2D eigenvalue weighted by Gasteiger charge is 2.29. The molecule has 1 aliphatic heterocycles. The summed E-state index contributed by atoms with van der Waals surface area (Å²) in [4.78, 5) is 25.0. The van der Waals surface area contributed by atoms with Crippen molar-refractivity contribution in [3.8, 4) is 0 Å². The predicted molar refractivity (Wildman–Crippen MR) is 84.3 cm³/mol. The zero-order chi connectivity index (χ0) is 15.9. The Morgan fingerprint density at radius 2 is 2.09 bits per heavy atom. The standard InChI is InChI=1S/C17H24N2O3/c1-2-13(14-7-4-3-5-8-14)12-22-16(20)15-9-6-10-19(11-15)17(18)21/h3-5,7-8,13,15H,2,6,9-12H2,1H3,(H2,18,21)/t13-,15+/m1/s1. The van der Waals surface area contributed by atoms with Gasteiger partial charge in [0.15, 0.2) is 0 Å². The van der Waals surface area contributed by atoms with Gasteiger partial charge in [-0.15, -0.1) is 0 Å². The van der Waals surface area contributed by atoms with Crippen LogP contribution in [0.3, 0.4) is 0 Å². The molecule has 2 rings (SSSR count). The first kappa shape index (κ1) is 16.3. The van der Waals surface area contributed by atoms with Crippen molar-refractivity contribution >= 4 is 12.0 Å². The summed E-state index contributed by atoms with van der Waals surface area (Å²) in [6, 6.07) is 9.60. The summed E-state index contributed by atoms with van der Waals surface area (Å²) in [6.07, 6.45) is 2.46. The molecule has 0 aliphatic carbocycles. The Labute approximate surface area is 131 Å². The lowest BCUT2D eigenvalue weighted by molar-refractivity contribution is -0.150. The maximum absolute atomic E-state index is 12.2. The monoisotopic (exact) mass is 304 g/mol. The van der Waals surface area contributed by atoms with E-state index in [4.69, 9.17) is 10.5 Å². The number of nitrogens with two attached hydrogens (primary N) is 1. The highest BCUT2D eigenvalue weighted by atomic mass is 16.5. The van der Waals surface area contributed by atoms with E-state index >= 15 is 0 Å². The number of likely N-dealkylation sites (tertiary alicyclic amines) is 1. The predicted octanol–water partition coefficient (Wildman–Crippen LogP) is 2.51. The Bertz CT molecular complexity index is 504. The summed E-state index contributed by atoms with van der Waals surface area (Å²) in [5, 5.41) is 0. The molecule has 120 valence electrons. The number of ether oxygens (including phenoxy) is 1. The molecule has 0 saturated carbocycles. The second kappa shape index (κ2) is 7.82. The number of piperidine rings is 1. The molecule has 2 amide bonds. The lowest BCUT2D eigenvalue weighted by Crippen LogP contribution is -2.45. The van der Waals surface area contributed by atoms with Gasteiger partial charge in [0.25, 0.3) is 0 Å².